The Labute approximate surface area is 126 Å². The van der Waals surface area contributed by atoms with Crippen molar-refractivity contribution in [2.45, 2.75) is 51.5 Å². The van der Waals surface area contributed by atoms with E-state index in [9.17, 15) is 8.42 Å². The van der Waals surface area contributed by atoms with Gasteiger partial charge in [-0.15, -0.1) is 0 Å². The molecule has 0 spiro atoms. The molecule has 0 radical (unpaired) electrons. The molecule has 1 aromatic carbocycles. The molecule has 0 fully saturated rings. The summed E-state index contributed by atoms with van der Waals surface area (Å²) in [5.41, 5.74) is 0.792. The summed E-state index contributed by atoms with van der Waals surface area (Å²) in [6, 6.07) is 2.98. The summed E-state index contributed by atoms with van der Waals surface area (Å²) in [6.07, 6.45) is 1.52. The van der Waals surface area contributed by atoms with Crippen molar-refractivity contribution in [3.05, 3.63) is 22.7 Å². The van der Waals surface area contributed by atoms with Gasteiger partial charge < -0.3 is 4.74 Å². The number of hydrogen-bond acceptors (Lipinski definition) is 3. The molecule has 0 unspecified atom stereocenters. The van der Waals surface area contributed by atoms with Crippen molar-refractivity contribution in [2.24, 2.45) is 0 Å². The fourth-order valence-corrected chi connectivity index (χ4v) is 3.29. The molecule has 0 aromatic heterocycles. The average molecular weight is 320 g/mol. The highest BCUT2D eigenvalue weighted by molar-refractivity contribution is 7.89. The van der Waals surface area contributed by atoms with E-state index in [1.807, 2.05) is 27.7 Å². The lowest BCUT2D eigenvalue weighted by Gasteiger charge is -2.16. The van der Waals surface area contributed by atoms with Crippen LogP contribution in [0.1, 0.15) is 39.2 Å². The normalized spacial score (nSPS) is 13.2. The number of ether oxygens (including phenoxy) is 1. The highest BCUT2D eigenvalue weighted by atomic mass is 35.5. The summed E-state index contributed by atoms with van der Waals surface area (Å²) in [4.78, 5) is 0.0989. The lowest BCUT2D eigenvalue weighted by molar-refractivity contribution is 0.309. The first kappa shape index (κ1) is 17.3. The average Bonchev–Trinajstić information content (AvgIpc) is 2.38. The van der Waals surface area contributed by atoms with Crippen molar-refractivity contribution < 1.29 is 13.2 Å². The predicted molar refractivity (Wildman–Crippen MR) is 82.0 cm³/mol. The Bertz CT molecular complexity index is 558. The van der Waals surface area contributed by atoms with E-state index in [0.717, 1.165) is 12.0 Å². The van der Waals surface area contributed by atoms with Crippen LogP contribution in [0.2, 0.25) is 5.02 Å². The van der Waals surface area contributed by atoms with E-state index in [0.29, 0.717) is 23.8 Å². The van der Waals surface area contributed by atoms with Gasteiger partial charge in [0.15, 0.2) is 0 Å². The van der Waals surface area contributed by atoms with Crippen LogP contribution < -0.4 is 9.46 Å². The van der Waals surface area contributed by atoms with Gasteiger partial charge in [-0.2, -0.15) is 0 Å². The molecule has 4 nitrogen and oxygen atoms in total. The Morgan fingerprint density at radius 2 is 2.00 bits per heavy atom. The Morgan fingerprint density at radius 1 is 1.35 bits per heavy atom. The SMILES string of the molecule is CCCOc1cc(C)c(Cl)cc1S(=O)(=O)N[C@@H](C)CC. The molecule has 1 atom stereocenters. The summed E-state index contributed by atoms with van der Waals surface area (Å²) in [7, 11) is -3.63. The Balaban J connectivity index is 3.23. The molecule has 0 bridgehead atoms. The van der Waals surface area contributed by atoms with Crippen LogP contribution in [0.4, 0.5) is 0 Å². The summed E-state index contributed by atoms with van der Waals surface area (Å²) in [5, 5.41) is 0.415. The van der Waals surface area contributed by atoms with E-state index in [4.69, 9.17) is 16.3 Å². The van der Waals surface area contributed by atoms with Crippen molar-refractivity contribution in [1.82, 2.24) is 4.72 Å². The predicted octanol–water partition coefficient (Wildman–Crippen LogP) is 3.51. The van der Waals surface area contributed by atoms with Gasteiger partial charge in [-0.3, -0.25) is 0 Å². The van der Waals surface area contributed by atoms with Gasteiger partial charge in [0.1, 0.15) is 10.6 Å². The largest absolute Gasteiger partial charge is 0.492 e. The molecule has 0 aliphatic rings. The van der Waals surface area contributed by atoms with Gasteiger partial charge >= 0.3 is 0 Å². The molecule has 0 amide bonds. The molecule has 0 saturated heterocycles. The minimum atomic E-state index is -3.63. The molecule has 1 N–H and O–H groups in total. The van der Waals surface area contributed by atoms with E-state index < -0.39 is 10.0 Å². The van der Waals surface area contributed by atoms with Crippen molar-refractivity contribution >= 4 is 21.6 Å². The topological polar surface area (TPSA) is 55.4 Å². The lowest BCUT2D eigenvalue weighted by atomic mass is 10.2. The molecule has 20 heavy (non-hydrogen) atoms. The minimum absolute atomic E-state index is 0.0989. The first-order chi connectivity index (χ1) is 9.31. The molecule has 6 heteroatoms. The van der Waals surface area contributed by atoms with Crippen molar-refractivity contribution in [3.63, 3.8) is 0 Å². The van der Waals surface area contributed by atoms with E-state index in [2.05, 4.69) is 4.72 Å². The van der Waals surface area contributed by atoms with Gasteiger partial charge in [0.2, 0.25) is 10.0 Å². The second-order valence-electron chi connectivity index (χ2n) is 4.83. The lowest BCUT2D eigenvalue weighted by Crippen LogP contribution is -2.32. The van der Waals surface area contributed by atoms with Crippen LogP contribution in [0.25, 0.3) is 0 Å². The number of nitrogens with one attached hydrogen (secondary N) is 1. The number of benzene rings is 1. The van der Waals surface area contributed by atoms with Crippen LogP contribution in [0.5, 0.6) is 5.75 Å². The molecule has 0 aliphatic heterocycles. The van der Waals surface area contributed by atoms with Gasteiger partial charge in [0.25, 0.3) is 0 Å². The second kappa shape index (κ2) is 7.29. The van der Waals surface area contributed by atoms with Crippen LogP contribution in [-0.4, -0.2) is 21.1 Å². The number of halogens is 1. The molecule has 1 rings (SSSR count). The van der Waals surface area contributed by atoms with Crippen molar-refractivity contribution in [2.75, 3.05) is 6.61 Å². The first-order valence-electron chi connectivity index (χ1n) is 6.77. The molecule has 1 aromatic rings. The zero-order chi connectivity index (χ0) is 15.3. The summed E-state index contributed by atoms with van der Waals surface area (Å²) in [6.45, 7) is 7.99. The van der Waals surface area contributed by atoms with Gasteiger partial charge in [-0.05, 0) is 44.4 Å². The maximum absolute atomic E-state index is 12.4. The van der Waals surface area contributed by atoms with Crippen LogP contribution in [0.3, 0.4) is 0 Å². The Kier molecular flexibility index (Phi) is 6.30. The maximum Gasteiger partial charge on any atom is 0.244 e. The van der Waals surface area contributed by atoms with Gasteiger partial charge in [0.05, 0.1) is 6.61 Å². The van der Waals surface area contributed by atoms with Crippen LogP contribution in [-0.2, 0) is 10.0 Å². The zero-order valence-corrected chi connectivity index (χ0v) is 13.9. The number of sulfonamides is 1. The van der Waals surface area contributed by atoms with E-state index in [-0.39, 0.29) is 10.9 Å². The van der Waals surface area contributed by atoms with Crippen molar-refractivity contribution in [3.8, 4) is 5.75 Å². The summed E-state index contributed by atoms with van der Waals surface area (Å²) >= 11 is 6.05. The zero-order valence-electron chi connectivity index (χ0n) is 12.4. The van der Waals surface area contributed by atoms with Crippen LogP contribution in [0, 0.1) is 6.92 Å². The highest BCUT2D eigenvalue weighted by Gasteiger charge is 2.22. The monoisotopic (exact) mass is 319 g/mol. The summed E-state index contributed by atoms with van der Waals surface area (Å²) < 4.78 is 33.0. The van der Waals surface area contributed by atoms with E-state index >= 15 is 0 Å². The van der Waals surface area contributed by atoms with Crippen LogP contribution >= 0.6 is 11.6 Å². The Hall–Kier alpha value is -0.780. The second-order valence-corrected chi connectivity index (χ2v) is 6.92. The van der Waals surface area contributed by atoms with Gasteiger partial charge in [0, 0.05) is 11.1 Å². The maximum atomic E-state index is 12.4. The molecule has 0 saturated carbocycles. The third-order valence-electron chi connectivity index (χ3n) is 2.94. The first-order valence-corrected chi connectivity index (χ1v) is 8.63. The van der Waals surface area contributed by atoms with Crippen LogP contribution in [0.15, 0.2) is 17.0 Å². The number of rotatable bonds is 7. The molecule has 114 valence electrons. The van der Waals surface area contributed by atoms with E-state index in [1.54, 1.807) is 6.07 Å². The quantitative estimate of drug-likeness (QED) is 0.836. The van der Waals surface area contributed by atoms with Gasteiger partial charge in [-0.25, -0.2) is 13.1 Å². The molecule has 0 aliphatic carbocycles. The smallest absolute Gasteiger partial charge is 0.244 e. The number of aryl methyl sites for hydroxylation is 1. The van der Waals surface area contributed by atoms with Crippen molar-refractivity contribution in [1.29, 1.82) is 0 Å². The summed E-state index contributed by atoms with van der Waals surface area (Å²) in [5.74, 6) is 0.351. The standard InChI is InChI=1S/C14H22ClNO3S/c1-5-7-19-13-8-10(3)12(15)9-14(13)20(17,18)16-11(4)6-2/h8-9,11,16H,5-7H2,1-4H3/t11-/m0/s1. The van der Waals surface area contributed by atoms with E-state index in [1.165, 1.54) is 6.07 Å². The Morgan fingerprint density at radius 3 is 2.55 bits per heavy atom. The minimum Gasteiger partial charge on any atom is -0.492 e. The molecular weight excluding hydrogens is 298 g/mol. The third-order valence-corrected chi connectivity index (χ3v) is 4.96. The number of hydrogen-bond donors (Lipinski definition) is 1. The van der Waals surface area contributed by atoms with Gasteiger partial charge in [-0.1, -0.05) is 25.4 Å². The fraction of sp³-hybridized carbons (Fsp3) is 0.571. The molecule has 0 heterocycles. The third kappa shape index (κ3) is 4.36. The fourth-order valence-electron chi connectivity index (χ4n) is 1.58. The highest BCUT2D eigenvalue weighted by Crippen LogP contribution is 2.30. The molecular formula is C14H22ClNO3S.